The van der Waals surface area contributed by atoms with Gasteiger partial charge in [0.25, 0.3) is 0 Å². The van der Waals surface area contributed by atoms with Crippen molar-refractivity contribution in [2.75, 3.05) is 18.0 Å². The zero-order chi connectivity index (χ0) is 26.3. The van der Waals surface area contributed by atoms with Crippen LogP contribution in [0.15, 0.2) is 54.6 Å². The maximum atomic E-state index is 14.3. The Labute approximate surface area is 213 Å². The first-order valence-electron chi connectivity index (χ1n) is 12.1. The van der Waals surface area contributed by atoms with Crippen LogP contribution in [0.5, 0.6) is 5.75 Å². The zero-order valence-electron chi connectivity index (χ0n) is 20.8. The van der Waals surface area contributed by atoms with Crippen LogP contribution in [0.25, 0.3) is 22.5 Å². The molecule has 0 saturated heterocycles. The number of aromatic nitrogens is 2. The number of aryl methyl sites for hydroxylation is 2. The summed E-state index contributed by atoms with van der Waals surface area (Å²) in [6.45, 7) is 7.37. The number of hydrogen-bond acceptors (Lipinski definition) is 5. The maximum absolute atomic E-state index is 14.3. The van der Waals surface area contributed by atoms with Gasteiger partial charge in [0.05, 0.1) is 17.0 Å². The number of halogens is 3. The van der Waals surface area contributed by atoms with Gasteiger partial charge in [0.1, 0.15) is 23.2 Å². The molecule has 4 heterocycles. The second-order valence-electron chi connectivity index (χ2n) is 9.24. The van der Waals surface area contributed by atoms with Crippen molar-refractivity contribution in [2.45, 2.75) is 39.8 Å². The number of hydrogen-bond donors (Lipinski definition) is 0. The van der Waals surface area contributed by atoms with Crippen molar-refractivity contribution in [1.29, 1.82) is 5.26 Å². The van der Waals surface area contributed by atoms with Gasteiger partial charge >= 0.3 is 6.18 Å². The van der Waals surface area contributed by atoms with Gasteiger partial charge in [0.15, 0.2) is 0 Å². The molecule has 0 unspecified atom stereocenters. The molecule has 2 aliphatic rings. The summed E-state index contributed by atoms with van der Waals surface area (Å²) in [5, 5.41) is 10.1. The predicted molar refractivity (Wildman–Crippen MR) is 137 cm³/mol. The van der Waals surface area contributed by atoms with Gasteiger partial charge in [-0.2, -0.15) is 18.4 Å². The van der Waals surface area contributed by atoms with Gasteiger partial charge in [-0.05, 0) is 86.7 Å². The van der Waals surface area contributed by atoms with E-state index in [9.17, 15) is 18.4 Å². The number of anilines is 1. The molecule has 0 N–H and O–H groups in total. The largest absolute Gasteiger partial charge is 0.455 e. The van der Waals surface area contributed by atoms with E-state index in [0.29, 0.717) is 23.4 Å². The first kappa shape index (κ1) is 24.6. The Bertz CT molecular complexity index is 1500. The Morgan fingerprint density at radius 2 is 1.84 bits per heavy atom. The third kappa shape index (κ3) is 4.46. The van der Waals surface area contributed by atoms with Crippen LogP contribution in [0.2, 0.25) is 0 Å². The Balaban J connectivity index is 1.71. The summed E-state index contributed by atoms with van der Waals surface area (Å²) < 4.78 is 49.2. The topological polar surface area (TPSA) is 62.0 Å². The Morgan fingerprint density at radius 1 is 1.11 bits per heavy atom. The molecule has 0 bridgehead atoms. The molecule has 1 aromatic carbocycles. The highest BCUT2D eigenvalue weighted by molar-refractivity contribution is 5.89. The molecule has 2 aromatic heterocycles. The average molecular weight is 503 g/mol. The van der Waals surface area contributed by atoms with Crippen LogP contribution in [0, 0.1) is 25.2 Å². The number of alkyl halides is 3. The first-order chi connectivity index (χ1) is 17.7. The molecule has 0 spiro atoms. The number of benzene rings is 1. The lowest BCUT2D eigenvalue weighted by Gasteiger charge is -2.35. The molecule has 0 fully saturated rings. The normalized spacial score (nSPS) is 16.2. The van der Waals surface area contributed by atoms with Gasteiger partial charge in [-0.1, -0.05) is 0 Å². The number of nitriles is 1. The lowest BCUT2D eigenvalue weighted by Crippen LogP contribution is -2.31. The molecule has 0 amide bonds. The summed E-state index contributed by atoms with van der Waals surface area (Å²) in [5.41, 5.74) is 4.18. The van der Waals surface area contributed by atoms with Crippen molar-refractivity contribution < 1.29 is 17.9 Å². The molecule has 0 atom stereocenters. The van der Waals surface area contributed by atoms with Gasteiger partial charge in [-0.3, -0.25) is 9.97 Å². The van der Waals surface area contributed by atoms with Crippen LogP contribution in [0.1, 0.15) is 41.2 Å². The van der Waals surface area contributed by atoms with Crippen LogP contribution in [-0.4, -0.2) is 29.2 Å². The second-order valence-corrected chi connectivity index (χ2v) is 9.24. The Morgan fingerprint density at radius 3 is 2.51 bits per heavy atom. The van der Waals surface area contributed by atoms with Crippen molar-refractivity contribution in [3.05, 3.63) is 82.4 Å². The minimum Gasteiger partial charge on any atom is -0.455 e. The average Bonchev–Trinajstić information content (AvgIpc) is 2.88. The molecule has 5 nitrogen and oxygen atoms in total. The van der Waals surface area contributed by atoms with Crippen LogP contribution < -0.4 is 9.64 Å². The SMILES string of the molecule is CCN1CCCc2c3c(cc(C)c21)C(C(F)(F)F)=C/C(=C(\C#N)c1ccnc(-c2cc(C)ccn2)c1)O3. The summed E-state index contributed by atoms with van der Waals surface area (Å²) in [7, 11) is 0. The van der Waals surface area contributed by atoms with Crippen LogP contribution >= 0.6 is 0 Å². The molecule has 0 saturated carbocycles. The van der Waals surface area contributed by atoms with Crippen molar-refractivity contribution in [2.24, 2.45) is 0 Å². The summed E-state index contributed by atoms with van der Waals surface area (Å²) in [5.74, 6) is 0.0577. The van der Waals surface area contributed by atoms with E-state index in [2.05, 4.69) is 20.9 Å². The summed E-state index contributed by atoms with van der Waals surface area (Å²) >= 11 is 0. The number of rotatable bonds is 3. The van der Waals surface area contributed by atoms with E-state index in [1.807, 2.05) is 32.9 Å². The Hall–Kier alpha value is -4.12. The fraction of sp³-hybridized carbons (Fsp3) is 0.276. The second kappa shape index (κ2) is 9.40. The lowest BCUT2D eigenvalue weighted by molar-refractivity contribution is -0.0694. The minimum atomic E-state index is -4.63. The highest BCUT2D eigenvalue weighted by Gasteiger charge is 2.41. The number of ether oxygens (including phenoxy) is 1. The van der Waals surface area contributed by atoms with Crippen LogP contribution in [0.4, 0.5) is 18.9 Å². The Kier molecular flexibility index (Phi) is 6.24. The van der Waals surface area contributed by atoms with Gasteiger partial charge < -0.3 is 9.64 Å². The number of allylic oxidation sites excluding steroid dienone is 3. The molecule has 8 heteroatoms. The van der Waals surface area contributed by atoms with E-state index in [-0.39, 0.29) is 22.6 Å². The van der Waals surface area contributed by atoms with E-state index in [1.165, 1.54) is 6.20 Å². The third-order valence-electron chi connectivity index (χ3n) is 6.76. The standard InChI is InChI=1S/C29H25F3N4O/c1-4-36-11-5-6-20-27(36)18(3)13-21-23(29(30,31)32)15-26(37-28(20)21)22(16-33)19-8-10-35-25(14-19)24-12-17(2)7-9-34-24/h7-10,12-15H,4-6,11H2,1-3H3/b26-22-. The molecular formula is C29H25F3N4O. The van der Waals surface area contributed by atoms with Gasteiger partial charge in [-0.25, -0.2) is 0 Å². The van der Waals surface area contributed by atoms with Gasteiger partial charge in [0.2, 0.25) is 0 Å². The van der Waals surface area contributed by atoms with E-state index >= 15 is 0 Å². The first-order valence-corrected chi connectivity index (χ1v) is 12.1. The summed E-state index contributed by atoms with van der Waals surface area (Å²) in [4.78, 5) is 10.9. The van der Waals surface area contributed by atoms with E-state index in [1.54, 1.807) is 24.4 Å². The molecule has 0 aliphatic carbocycles. The quantitative estimate of drug-likeness (QED) is 0.369. The van der Waals surface area contributed by atoms with Crippen LogP contribution in [-0.2, 0) is 6.42 Å². The number of nitrogens with zero attached hydrogens (tertiary/aromatic N) is 4. The van der Waals surface area contributed by atoms with Gasteiger partial charge in [-0.15, -0.1) is 0 Å². The molecular weight excluding hydrogens is 477 g/mol. The third-order valence-corrected chi connectivity index (χ3v) is 6.76. The minimum absolute atomic E-state index is 0.00110. The maximum Gasteiger partial charge on any atom is 0.417 e. The fourth-order valence-electron chi connectivity index (χ4n) is 5.09. The lowest BCUT2D eigenvalue weighted by atomic mass is 9.89. The zero-order valence-corrected chi connectivity index (χ0v) is 20.8. The fourth-order valence-corrected chi connectivity index (χ4v) is 5.09. The molecule has 2 aliphatic heterocycles. The smallest absolute Gasteiger partial charge is 0.417 e. The molecule has 188 valence electrons. The monoisotopic (exact) mass is 502 g/mol. The van der Waals surface area contributed by atoms with Crippen molar-refractivity contribution in [3.63, 3.8) is 0 Å². The summed E-state index contributed by atoms with van der Waals surface area (Å²) in [6.07, 6.45) is 0.910. The summed E-state index contributed by atoms with van der Waals surface area (Å²) in [6, 6.07) is 10.6. The highest BCUT2D eigenvalue weighted by Crippen LogP contribution is 2.49. The van der Waals surface area contributed by atoms with Crippen LogP contribution in [0.3, 0.4) is 0 Å². The van der Waals surface area contributed by atoms with E-state index < -0.39 is 11.7 Å². The molecule has 3 aromatic rings. The number of pyridine rings is 2. The highest BCUT2D eigenvalue weighted by atomic mass is 19.4. The van der Waals surface area contributed by atoms with E-state index in [0.717, 1.165) is 48.0 Å². The van der Waals surface area contributed by atoms with E-state index in [4.69, 9.17) is 4.74 Å². The molecule has 37 heavy (non-hydrogen) atoms. The molecule has 0 radical (unpaired) electrons. The number of fused-ring (bicyclic) bond motifs is 3. The van der Waals surface area contributed by atoms with Crippen molar-refractivity contribution in [3.8, 4) is 23.2 Å². The van der Waals surface area contributed by atoms with Crippen molar-refractivity contribution >= 4 is 16.8 Å². The molecule has 5 rings (SSSR count). The van der Waals surface area contributed by atoms with Crippen molar-refractivity contribution in [1.82, 2.24) is 9.97 Å². The van der Waals surface area contributed by atoms with Gasteiger partial charge in [0, 0.05) is 42.3 Å². The predicted octanol–water partition coefficient (Wildman–Crippen LogP) is 6.81.